The number of nitrogens with one attached hydrogen (secondary N) is 2. The number of amides is 3. The summed E-state index contributed by atoms with van der Waals surface area (Å²) in [7, 11) is 0. The highest BCUT2D eigenvalue weighted by Crippen LogP contribution is 2.25. The zero-order chi connectivity index (χ0) is 28.0. The number of anilines is 2. The molecule has 1 aromatic heterocycles. The highest BCUT2D eigenvalue weighted by atomic mass is 35.5. The lowest BCUT2D eigenvalue weighted by atomic mass is 9.95. The van der Waals surface area contributed by atoms with Gasteiger partial charge in [0.25, 0.3) is 18.2 Å². The van der Waals surface area contributed by atoms with E-state index in [1.807, 2.05) is 20.8 Å². The fourth-order valence-corrected chi connectivity index (χ4v) is 4.95. The van der Waals surface area contributed by atoms with Crippen LogP contribution in [-0.2, 0) is 14.3 Å². The maximum absolute atomic E-state index is 14.9. The minimum atomic E-state index is -2.73. The van der Waals surface area contributed by atoms with Crippen LogP contribution in [0.5, 0.6) is 0 Å². The molecule has 2 aromatic rings. The van der Waals surface area contributed by atoms with Gasteiger partial charge in [-0.15, -0.1) is 11.3 Å². The number of morpholine rings is 1. The van der Waals surface area contributed by atoms with Gasteiger partial charge in [0.2, 0.25) is 5.91 Å². The van der Waals surface area contributed by atoms with Gasteiger partial charge in [0, 0.05) is 25.3 Å². The summed E-state index contributed by atoms with van der Waals surface area (Å²) >= 11 is 6.94. The van der Waals surface area contributed by atoms with Gasteiger partial charge in [0.1, 0.15) is 18.5 Å². The molecule has 38 heavy (non-hydrogen) atoms. The number of hydrogen-bond acceptors (Lipinski definition) is 6. The Balaban J connectivity index is 1.81. The van der Waals surface area contributed by atoms with E-state index in [9.17, 15) is 27.6 Å². The van der Waals surface area contributed by atoms with Crippen molar-refractivity contribution in [2.24, 2.45) is 5.41 Å². The third-order valence-corrected chi connectivity index (χ3v) is 6.77. The average Bonchev–Trinajstić information content (AvgIpc) is 3.25. The summed E-state index contributed by atoms with van der Waals surface area (Å²) in [6.07, 6.45) is -2.73. The summed E-state index contributed by atoms with van der Waals surface area (Å²) < 4.78 is 47.4. The Morgan fingerprint density at radius 1 is 1.24 bits per heavy atom. The molecule has 3 rings (SSSR count). The number of hydrogen-bond donors (Lipinski definition) is 2. The number of alkyl halides is 2. The summed E-state index contributed by atoms with van der Waals surface area (Å²) in [6.45, 7) is 4.97. The Morgan fingerprint density at radius 2 is 1.97 bits per heavy atom. The van der Waals surface area contributed by atoms with E-state index >= 15 is 0 Å². The highest BCUT2D eigenvalue weighted by molar-refractivity contribution is 7.18. The molecule has 2 N–H and O–H groups in total. The van der Waals surface area contributed by atoms with Crippen LogP contribution in [0.15, 0.2) is 30.3 Å². The minimum absolute atomic E-state index is 0.0433. The largest absolute Gasteiger partial charge is 0.370 e. The molecule has 208 valence electrons. The van der Waals surface area contributed by atoms with E-state index in [0.717, 1.165) is 17.4 Å². The standard InChI is InChI=1S/C25H30ClF3N4O4S/c1-25(2,3)14-32(12-21(28)29)18(11-30-24(36)19-6-7-20(26)38-19)23(35)31-15-4-5-17(16(27)10-15)33-8-9-37-13-22(33)34/h4-7,10,18,21H,8-9,11-14H2,1-3H3,(H,30,36)(H,31,35)/t18-/m0/s1. The second-order valence-electron chi connectivity index (χ2n) is 9.96. The van der Waals surface area contributed by atoms with Crippen LogP contribution < -0.4 is 15.5 Å². The second kappa shape index (κ2) is 12.9. The van der Waals surface area contributed by atoms with Gasteiger partial charge in [-0.25, -0.2) is 13.2 Å². The molecule has 1 atom stereocenters. The Labute approximate surface area is 228 Å². The summed E-state index contributed by atoms with van der Waals surface area (Å²) in [5.74, 6) is -2.33. The summed E-state index contributed by atoms with van der Waals surface area (Å²) in [4.78, 5) is 40.9. The molecule has 2 heterocycles. The first kappa shape index (κ1) is 29.9. The molecule has 1 aliphatic heterocycles. The fraction of sp³-hybridized carbons (Fsp3) is 0.480. The van der Waals surface area contributed by atoms with Crippen LogP contribution in [0.25, 0.3) is 0 Å². The number of thiophene rings is 1. The molecule has 0 bridgehead atoms. The van der Waals surface area contributed by atoms with Crippen LogP contribution in [0.3, 0.4) is 0 Å². The Morgan fingerprint density at radius 3 is 2.55 bits per heavy atom. The van der Waals surface area contributed by atoms with Gasteiger partial charge >= 0.3 is 0 Å². The molecule has 1 aliphatic rings. The van der Waals surface area contributed by atoms with Gasteiger partial charge in [-0.05, 0) is 35.7 Å². The quantitative estimate of drug-likeness (QED) is 0.443. The number of benzene rings is 1. The van der Waals surface area contributed by atoms with Crippen molar-refractivity contribution in [2.45, 2.75) is 33.2 Å². The number of rotatable bonds is 10. The van der Waals surface area contributed by atoms with E-state index in [4.69, 9.17) is 16.3 Å². The predicted molar refractivity (Wildman–Crippen MR) is 141 cm³/mol. The molecule has 0 aliphatic carbocycles. The third kappa shape index (κ3) is 8.42. The minimum Gasteiger partial charge on any atom is -0.370 e. The Hall–Kier alpha value is -2.67. The van der Waals surface area contributed by atoms with E-state index in [1.165, 1.54) is 28.0 Å². The molecular weight excluding hydrogens is 545 g/mol. The molecule has 8 nitrogen and oxygen atoms in total. The highest BCUT2D eigenvalue weighted by Gasteiger charge is 2.32. The zero-order valence-corrected chi connectivity index (χ0v) is 22.8. The Kier molecular flexibility index (Phi) is 10.2. The zero-order valence-electron chi connectivity index (χ0n) is 21.2. The maximum atomic E-state index is 14.9. The van der Waals surface area contributed by atoms with Crippen molar-refractivity contribution >= 4 is 52.0 Å². The number of nitrogens with zero attached hydrogens (tertiary/aromatic N) is 2. The van der Waals surface area contributed by atoms with Crippen molar-refractivity contribution in [2.75, 3.05) is 49.6 Å². The van der Waals surface area contributed by atoms with Crippen molar-refractivity contribution in [1.82, 2.24) is 10.2 Å². The van der Waals surface area contributed by atoms with Crippen molar-refractivity contribution in [3.8, 4) is 0 Å². The van der Waals surface area contributed by atoms with Gasteiger partial charge in [-0.3, -0.25) is 19.3 Å². The molecule has 0 saturated carbocycles. The molecular formula is C25H30ClF3N4O4S. The van der Waals surface area contributed by atoms with Gasteiger partial charge in [-0.2, -0.15) is 0 Å². The normalized spacial score (nSPS) is 15.2. The first-order valence-corrected chi connectivity index (χ1v) is 13.1. The van der Waals surface area contributed by atoms with E-state index in [2.05, 4.69) is 10.6 Å². The second-order valence-corrected chi connectivity index (χ2v) is 11.7. The third-order valence-electron chi connectivity index (χ3n) is 5.54. The van der Waals surface area contributed by atoms with E-state index in [1.54, 1.807) is 6.07 Å². The topological polar surface area (TPSA) is 91.0 Å². The number of halogens is 4. The monoisotopic (exact) mass is 574 g/mol. The molecule has 13 heteroatoms. The maximum Gasteiger partial charge on any atom is 0.261 e. The predicted octanol–water partition coefficient (Wildman–Crippen LogP) is 4.25. The summed E-state index contributed by atoms with van der Waals surface area (Å²) in [6, 6.07) is 5.72. The van der Waals surface area contributed by atoms with Gasteiger partial charge in [-0.1, -0.05) is 32.4 Å². The lowest BCUT2D eigenvalue weighted by Crippen LogP contribution is -2.54. The van der Waals surface area contributed by atoms with Crippen LogP contribution in [0.4, 0.5) is 24.5 Å². The molecule has 1 saturated heterocycles. The first-order valence-electron chi connectivity index (χ1n) is 11.9. The van der Waals surface area contributed by atoms with Crippen LogP contribution in [0.1, 0.15) is 30.4 Å². The SMILES string of the molecule is CC(C)(C)CN(CC(F)F)[C@@H](CNC(=O)c1ccc(Cl)s1)C(=O)Nc1ccc(N2CCOCC2=O)c(F)c1. The summed E-state index contributed by atoms with van der Waals surface area (Å²) in [5, 5.41) is 5.19. The molecule has 1 fully saturated rings. The number of carbonyl (C=O) groups is 3. The van der Waals surface area contributed by atoms with Crippen molar-refractivity contribution in [3.63, 3.8) is 0 Å². The van der Waals surface area contributed by atoms with Gasteiger partial charge < -0.3 is 20.3 Å². The lowest BCUT2D eigenvalue weighted by Gasteiger charge is -2.35. The molecule has 1 aromatic carbocycles. The van der Waals surface area contributed by atoms with Crippen LogP contribution in [0, 0.1) is 11.2 Å². The number of ether oxygens (including phenoxy) is 1. The summed E-state index contributed by atoms with van der Waals surface area (Å²) in [5.41, 5.74) is -0.329. The molecule has 3 amide bonds. The van der Waals surface area contributed by atoms with Crippen LogP contribution >= 0.6 is 22.9 Å². The van der Waals surface area contributed by atoms with E-state index < -0.39 is 42.1 Å². The van der Waals surface area contributed by atoms with Crippen molar-refractivity contribution in [1.29, 1.82) is 0 Å². The van der Waals surface area contributed by atoms with Gasteiger partial charge in [0.05, 0.1) is 28.1 Å². The van der Waals surface area contributed by atoms with E-state index in [0.29, 0.717) is 9.21 Å². The molecule has 0 spiro atoms. The smallest absolute Gasteiger partial charge is 0.261 e. The number of carbonyl (C=O) groups excluding carboxylic acids is 3. The van der Waals surface area contributed by atoms with Gasteiger partial charge in [0.15, 0.2) is 0 Å². The molecule has 0 radical (unpaired) electrons. The Bertz CT molecular complexity index is 1160. The fourth-order valence-electron chi connectivity index (χ4n) is 3.99. The average molecular weight is 575 g/mol. The van der Waals surface area contributed by atoms with Crippen LogP contribution in [0.2, 0.25) is 4.34 Å². The van der Waals surface area contributed by atoms with E-state index in [-0.39, 0.29) is 50.1 Å². The molecule has 0 unspecified atom stereocenters. The van der Waals surface area contributed by atoms with Crippen LogP contribution in [-0.4, -0.2) is 74.5 Å². The van der Waals surface area contributed by atoms with Crippen molar-refractivity contribution < 1.29 is 32.3 Å². The first-order chi connectivity index (χ1) is 17.8. The lowest BCUT2D eigenvalue weighted by molar-refractivity contribution is -0.126. The van der Waals surface area contributed by atoms with Crippen molar-refractivity contribution in [3.05, 3.63) is 45.4 Å².